The van der Waals surface area contributed by atoms with E-state index < -0.39 is 11.7 Å². The zero-order valence-corrected chi connectivity index (χ0v) is 18.5. The Morgan fingerprint density at radius 1 is 0.971 bits per heavy atom. The summed E-state index contributed by atoms with van der Waals surface area (Å²) in [5.74, 6) is -1.12. The Labute approximate surface area is 196 Å². The minimum absolute atomic E-state index is 0.0633. The molecule has 0 aliphatic carbocycles. The van der Waals surface area contributed by atoms with Crippen molar-refractivity contribution in [2.75, 3.05) is 36.5 Å². The lowest BCUT2D eigenvalue weighted by molar-refractivity contribution is -0.118. The van der Waals surface area contributed by atoms with Gasteiger partial charge >= 0.3 is 0 Å². The van der Waals surface area contributed by atoms with Crippen molar-refractivity contribution in [3.63, 3.8) is 0 Å². The van der Waals surface area contributed by atoms with Gasteiger partial charge in [-0.05, 0) is 60.9 Å². The topological polar surface area (TPSA) is 70.7 Å². The van der Waals surface area contributed by atoms with Gasteiger partial charge < -0.3 is 20.3 Å². The van der Waals surface area contributed by atoms with Crippen LogP contribution in [-0.2, 0) is 4.79 Å². The molecule has 2 amide bonds. The first kappa shape index (κ1) is 23.2. The van der Waals surface area contributed by atoms with Crippen LogP contribution in [0, 0.1) is 17.6 Å². The normalized spacial score (nSPS) is 15.1. The third-order valence-corrected chi connectivity index (χ3v) is 5.67. The van der Waals surface area contributed by atoms with Gasteiger partial charge in [-0.3, -0.25) is 9.59 Å². The molecule has 6 nitrogen and oxygen atoms in total. The lowest BCUT2D eigenvalue weighted by Gasteiger charge is -2.19. The predicted molar refractivity (Wildman–Crippen MR) is 126 cm³/mol. The fourth-order valence-corrected chi connectivity index (χ4v) is 3.89. The van der Waals surface area contributed by atoms with E-state index in [1.807, 2.05) is 0 Å². The SMILES string of the molecule is O=C(COc1ccccc1C(=O)NCC1CCN(c2ccc(F)cc2)C1)Nc1ccccc1F. The Morgan fingerprint density at radius 2 is 1.71 bits per heavy atom. The maximum Gasteiger partial charge on any atom is 0.262 e. The molecule has 3 aromatic carbocycles. The van der Waals surface area contributed by atoms with Crippen molar-refractivity contribution < 1.29 is 23.1 Å². The lowest BCUT2D eigenvalue weighted by atomic mass is 10.1. The second-order valence-corrected chi connectivity index (χ2v) is 8.10. The Balaban J connectivity index is 1.29. The van der Waals surface area contributed by atoms with Crippen LogP contribution in [0.25, 0.3) is 0 Å². The van der Waals surface area contributed by atoms with Crippen LogP contribution in [0.5, 0.6) is 5.75 Å². The van der Waals surface area contributed by atoms with Gasteiger partial charge in [-0.15, -0.1) is 0 Å². The molecule has 0 saturated carbocycles. The Hall–Kier alpha value is -3.94. The van der Waals surface area contributed by atoms with Crippen LogP contribution in [0.4, 0.5) is 20.2 Å². The van der Waals surface area contributed by atoms with Crippen LogP contribution < -0.4 is 20.3 Å². The quantitative estimate of drug-likeness (QED) is 0.522. The van der Waals surface area contributed by atoms with Crippen LogP contribution >= 0.6 is 0 Å². The van der Waals surface area contributed by atoms with Crippen LogP contribution in [0.2, 0.25) is 0 Å². The molecule has 176 valence electrons. The van der Waals surface area contributed by atoms with Crippen molar-refractivity contribution in [2.24, 2.45) is 5.92 Å². The number of hydrogen-bond acceptors (Lipinski definition) is 4. The number of nitrogens with one attached hydrogen (secondary N) is 2. The second-order valence-electron chi connectivity index (χ2n) is 8.10. The third kappa shape index (κ3) is 5.89. The monoisotopic (exact) mass is 465 g/mol. The largest absolute Gasteiger partial charge is 0.483 e. The number of ether oxygens (including phenoxy) is 1. The highest BCUT2D eigenvalue weighted by Gasteiger charge is 2.24. The van der Waals surface area contributed by atoms with Crippen molar-refractivity contribution >= 4 is 23.2 Å². The highest BCUT2D eigenvalue weighted by molar-refractivity contribution is 5.97. The summed E-state index contributed by atoms with van der Waals surface area (Å²) >= 11 is 0. The first-order chi connectivity index (χ1) is 16.5. The molecule has 0 aromatic heterocycles. The fraction of sp³-hybridized carbons (Fsp3) is 0.231. The van der Waals surface area contributed by atoms with Gasteiger partial charge in [0.25, 0.3) is 11.8 Å². The van der Waals surface area contributed by atoms with E-state index in [1.165, 1.54) is 30.3 Å². The Bertz CT molecular complexity index is 1150. The summed E-state index contributed by atoms with van der Waals surface area (Å²) in [6, 6.07) is 18.9. The minimum atomic E-state index is -0.541. The molecule has 0 radical (unpaired) electrons. The maximum absolute atomic E-state index is 13.7. The summed E-state index contributed by atoms with van der Waals surface area (Å²) < 4.78 is 32.4. The van der Waals surface area contributed by atoms with E-state index in [1.54, 1.807) is 42.5 Å². The zero-order valence-electron chi connectivity index (χ0n) is 18.5. The molecular formula is C26H25F2N3O3. The smallest absolute Gasteiger partial charge is 0.262 e. The molecular weight excluding hydrogens is 440 g/mol. The molecule has 1 aliphatic rings. The van der Waals surface area contributed by atoms with E-state index in [2.05, 4.69) is 15.5 Å². The first-order valence-corrected chi connectivity index (χ1v) is 11.0. The molecule has 1 unspecified atom stereocenters. The van der Waals surface area contributed by atoms with Gasteiger partial charge in [0.15, 0.2) is 6.61 Å². The lowest BCUT2D eigenvalue weighted by Crippen LogP contribution is -2.31. The van der Waals surface area contributed by atoms with Crippen molar-refractivity contribution in [1.82, 2.24) is 5.32 Å². The van der Waals surface area contributed by atoms with E-state index in [-0.39, 0.29) is 35.7 Å². The third-order valence-electron chi connectivity index (χ3n) is 5.67. The van der Waals surface area contributed by atoms with Gasteiger partial charge in [0, 0.05) is 25.3 Å². The van der Waals surface area contributed by atoms with Gasteiger partial charge in [0.05, 0.1) is 11.3 Å². The highest BCUT2D eigenvalue weighted by Crippen LogP contribution is 2.24. The van der Waals surface area contributed by atoms with Gasteiger partial charge in [-0.25, -0.2) is 8.78 Å². The number of amides is 2. The van der Waals surface area contributed by atoms with Crippen molar-refractivity contribution in [1.29, 1.82) is 0 Å². The molecule has 8 heteroatoms. The number of hydrogen-bond donors (Lipinski definition) is 2. The van der Waals surface area contributed by atoms with Gasteiger partial charge in [0.2, 0.25) is 0 Å². The highest BCUT2D eigenvalue weighted by atomic mass is 19.1. The first-order valence-electron chi connectivity index (χ1n) is 11.0. The number of carbonyl (C=O) groups excluding carboxylic acids is 2. The molecule has 1 atom stereocenters. The minimum Gasteiger partial charge on any atom is -0.483 e. The Morgan fingerprint density at radius 3 is 2.50 bits per heavy atom. The molecule has 0 bridgehead atoms. The molecule has 1 fully saturated rings. The second kappa shape index (κ2) is 10.8. The number of anilines is 2. The van der Waals surface area contributed by atoms with E-state index in [0.717, 1.165) is 25.2 Å². The molecule has 34 heavy (non-hydrogen) atoms. The van der Waals surface area contributed by atoms with E-state index in [0.29, 0.717) is 12.1 Å². The van der Waals surface area contributed by atoms with Crippen LogP contribution in [0.1, 0.15) is 16.8 Å². The summed E-state index contributed by atoms with van der Waals surface area (Å²) in [4.78, 5) is 27.1. The van der Waals surface area contributed by atoms with Gasteiger partial charge in [-0.1, -0.05) is 24.3 Å². The van der Waals surface area contributed by atoms with E-state index in [4.69, 9.17) is 4.74 Å². The van der Waals surface area contributed by atoms with Gasteiger partial charge in [0.1, 0.15) is 17.4 Å². The van der Waals surface area contributed by atoms with E-state index >= 15 is 0 Å². The molecule has 2 N–H and O–H groups in total. The summed E-state index contributed by atoms with van der Waals surface area (Å²) in [5, 5.41) is 5.39. The molecule has 4 rings (SSSR count). The average molecular weight is 466 g/mol. The maximum atomic E-state index is 13.7. The molecule has 0 spiro atoms. The molecule has 3 aromatic rings. The zero-order chi connectivity index (χ0) is 23.9. The summed E-state index contributed by atoms with van der Waals surface area (Å²) in [6.07, 6.45) is 0.909. The number of carbonyl (C=O) groups is 2. The van der Waals surface area contributed by atoms with Crippen LogP contribution in [0.3, 0.4) is 0 Å². The van der Waals surface area contributed by atoms with Crippen LogP contribution in [-0.4, -0.2) is 38.1 Å². The molecule has 1 heterocycles. The summed E-state index contributed by atoms with van der Waals surface area (Å²) in [6.45, 7) is 1.72. The van der Waals surface area contributed by atoms with Crippen molar-refractivity contribution in [3.8, 4) is 5.75 Å². The summed E-state index contributed by atoms with van der Waals surface area (Å²) in [5.41, 5.74) is 1.34. The predicted octanol–water partition coefficient (Wildman–Crippen LogP) is 4.24. The number of nitrogens with zero attached hydrogens (tertiary/aromatic N) is 1. The van der Waals surface area contributed by atoms with Crippen molar-refractivity contribution in [3.05, 3.63) is 90.0 Å². The number of halogens is 2. The van der Waals surface area contributed by atoms with Gasteiger partial charge in [-0.2, -0.15) is 0 Å². The average Bonchev–Trinajstić information content (AvgIpc) is 3.32. The summed E-state index contributed by atoms with van der Waals surface area (Å²) in [7, 11) is 0. The molecule has 1 saturated heterocycles. The van der Waals surface area contributed by atoms with E-state index in [9.17, 15) is 18.4 Å². The standard InChI is InChI=1S/C26H25F2N3O3/c27-19-9-11-20(12-10-19)31-14-13-18(16-31)15-29-26(33)21-5-1-4-8-24(21)34-17-25(32)30-23-7-3-2-6-22(23)28/h1-12,18H,13-17H2,(H,29,33)(H,30,32). The number of rotatable bonds is 8. The fourth-order valence-electron chi connectivity index (χ4n) is 3.89. The number of para-hydroxylation sites is 2. The Kier molecular flexibility index (Phi) is 7.37. The molecule has 1 aliphatic heterocycles. The number of benzene rings is 3. The van der Waals surface area contributed by atoms with Crippen molar-refractivity contribution in [2.45, 2.75) is 6.42 Å². The van der Waals surface area contributed by atoms with Crippen LogP contribution in [0.15, 0.2) is 72.8 Å².